The molecule has 0 bridgehead atoms. The number of rotatable bonds is 1. The smallest absolute Gasteiger partial charge is 0.260 e. The van der Waals surface area contributed by atoms with Crippen LogP contribution in [0, 0.1) is 5.92 Å². The Morgan fingerprint density at radius 3 is 2.71 bits per heavy atom. The quantitative estimate of drug-likeness (QED) is 0.670. The van der Waals surface area contributed by atoms with Gasteiger partial charge in [0.25, 0.3) is 5.92 Å². The Morgan fingerprint density at radius 1 is 1.57 bits per heavy atom. The van der Waals surface area contributed by atoms with E-state index >= 15 is 0 Å². The maximum Gasteiger partial charge on any atom is 0.260 e. The molecule has 0 N–H and O–H groups in total. The van der Waals surface area contributed by atoms with Crippen LogP contribution in [-0.2, 0) is 4.79 Å². The number of thioether (sulfide) groups is 1. The summed E-state index contributed by atoms with van der Waals surface area (Å²) in [7, 11) is 0. The fourth-order valence-electron chi connectivity index (χ4n) is 1.74. The summed E-state index contributed by atoms with van der Waals surface area (Å²) in [5, 5.41) is 0. The van der Waals surface area contributed by atoms with Gasteiger partial charge in [-0.1, -0.05) is 0 Å². The van der Waals surface area contributed by atoms with Gasteiger partial charge in [0.05, 0.1) is 0 Å². The van der Waals surface area contributed by atoms with Crippen LogP contribution in [0.5, 0.6) is 0 Å². The average molecular weight is 221 g/mol. The Morgan fingerprint density at radius 2 is 2.21 bits per heavy atom. The van der Waals surface area contributed by atoms with Crippen LogP contribution in [0.3, 0.4) is 0 Å². The van der Waals surface area contributed by atoms with E-state index in [4.69, 9.17) is 0 Å². The van der Waals surface area contributed by atoms with E-state index in [1.165, 1.54) is 0 Å². The summed E-state index contributed by atoms with van der Waals surface area (Å²) in [6.07, 6.45) is -0.248. The lowest BCUT2D eigenvalue weighted by molar-refractivity contribution is -0.136. The lowest BCUT2D eigenvalue weighted by Crippen LogP contribution is -2.45. The summed E-state index contributed by atoms with van der Waals surface area (Å²) in [6.45, 7) is 2.54. The molecule has 0 unspecified atom stereocenters. The molecule has 0 aromatic heterocycles. The molecule has 1 amide bonds. The predicted molar refractivity (Wildman–Crippen MR) is 51.6 cm³/mol. The minimum absolute atomic E-state index is 0.109. The van der Waals surface area contributed by atoms with E-state index in [0.717, 1.165) is 11.5 Å². The van der Waals surface area contributed by atoms with Gasteiger partial charge in [-0.25, -0.2) is 8.78 Å². The van der Waals surface area contributed by atoms with Crippen molar-refractivity contribution in [1.82, 2.24) is 4.90 Å². The molecule has 1 saturated heterocycles. The van der Waals surface area contributed by atoms with Gasteiger partial charge in [-0.15, -0.1) is 0 Å². The second kappa shape index (κ2) is 3.36. The maximum atomic E-state index is 12.7. The third kappa shape index (κ3) is 1.74. The fourth-order valence-corrected chi connectivity index (χ4v) is 2.75. The molecule has 2 rings (SSSR count). The minimum atomic E-state index is -2.72. The van der Waals surface area contributed by atoms with Crippen molar-refractivity contribution in [3.05, 3.63) is 0 Å². The number of hydrogen-bond donors (Lipinski definition) is 0. The van der Waals surface area contributed by atoms with E-state index in [1.807, 2.05) is 6.92 Å². The zero-order valence-electron chi connectivity index (χ0n) is 8.00. The molecule has 2 aliphatic rings. The predicted octanol–water partition coefficient (Wildman–Crippen LogP) is 1.61. The molecule has 80 valence electrons. The topological polar surface area (TPSA) is 20.3 Å². The van der Waals surface area contributed by atoms with Gasteiger partial charge in [0.1, 0.15) is 5.92 Å². The van der Waals surface area contributed by atoms with Crippen molar-refractivity contribution in [3.8, 4) is 0 Å². The summed E-state index contributed by atoms with van der Waals surface area (Å²) in [5.41, 5.74) is 0. The lowest BCUT2D eigenvalue weighted by atomic mass is 10.2. The van der Waals surface area contributed by atoms with Crippen LogP contribution in [0.4, 0.5) is 8.78 Å². The number of carbonyl (C=O) groups excluding carboxylic acids is 1. The summed E-state index contributed by atoms with van der Waals surface area (Å²) in [5.74, 6) is -2.35. The second-order valence-electron chi connectivity index (χ2n) is 3.97. The van der Waals surface area contributed by atoms with Crippen LogP contribution in [0.15, 0.2) is 0 Å². The Hall–Kier alpha value is -0.320. The van der Waals surface area contributed by atoms with Crippen LogP contribution >= 0.6 is 11.8 Å². The number of hydrogen-bond acceptors (Lipinski definition) is 2. The first-order valence-electron chi connectivity index (χ1n) is 4.78. The maximum absolute atomic E-state index is 12.7. The van der Waals surface area contributed by atoms with Crippen molar-refractivity contribution < 1.29 is 13.6 Å². The number of amides is 1. The highest BCUT2D eigenvalue weighted by Gasteiger charge is 2.62. The Balaban J connectivity index is 1.97. The molecule has 14 heavy (non-hydrogen) atoms. The zero-order chi connectivity index (χ0) is 10.3. The van der Waals surface area contributed by atoms with E-state index in [-0.39, 0.29) is 18.4 Å². The van der Waals surface area contributed by atoms with Gasteiger partial charge < -0.3 is 4.90 Å². The molecule has 0 spiro atoms. The van der Waals surface area contributed by atoms with Gasteiger partial charge >= 0.3 is 0 Å². The molecule has 2 nitrogen and oxygen atoms in total. The van der Waals surface area contributed by atoms with Crippen LogP contribution in [0.2, 0.25) is 0 Å². The molecule has 1 aliphatic heterocycles. The van der Waals surface area contributed by atoms with Gasteiger partial charge in [-0.05, 0) is 6.92 Å². The third-order valence-electron chi connectivity index (χ3n) is 2.77. The number of nitrogens with zero attached hydrogens (tertiary/aromatic N) is 1. The van der Waals surface area contributed by atoms with Crippen LogP contribution in [0.25, 0.3) is 0 Å². The van der Waals surface area contributed by atoms with Crippen LogP contribution < -0.4 is 0 Å². The first kappa shape index (κ1) is 10.2. The first-order valence-corrected chi connectivity index (χ1v) is 5.94. The molecule has 2 atom stereocenters. The van der Waals surface area contributed by atoms with Crippen LogP contribution in [0.1, 0.15) is 13.3 Å². The molecule has 1 aliphatic carbocycles. The van der Waals surface area contributed by atoms with E-state index in [1.54, 1.807) is 16.7 Å². The van der Waals surface area contributed by atoms with E-state index in [9.17, 15) is 13.6 Å². The first-order chi connectivity index (χ1) is 6.52. The minimum Gasteiger partial charge on any atom is -0.338 e. The Labute approximate surface area is 86.0 Å². The van der Waals surface area contributed by atoms with Gasteiger partial charge in [0.2, 0.25) is 5.91 Å². The van der Waals surface area contributed by atoms with E-state index in [2.05, 4.69) is 0 Å². The monoisotopic (exact) mass is 221 g/mol. The van der Waals surface area contributed by atoms with Crippen molar-refractivity contribution in [2.24, 2.45) is 5.92 Å². The third-order valence-corrected chi connectivity index (χ3v) is 3.96. The highest BCUT2D eigenvalue weighted by molar-refractivity contribution is 7.99. The van der Waals surface area contributed by atoms with Crippen molar-refractivity contribution in [2.45, 2.75) is 25.3 Å². The number of halogens is 2. The van der Waals surface area contributed by atoms with Gasteiger partial charge in [0.15, 0.2) is 0 Å². The number of alkyl halides is 2. The summed E-state index contributed by atoms with van der Waals surface area (Å²) >= 11 is 1.77. The Kier molecular flexibility index (Phi) is 2.45. The van der Waals surface area contributed by atoms with E-state index in [0.29, 0.717) is 6.54 Å². The molecule has 5 heteroatoms. The molecule has 0 aromatic carbocycles. The highest BCUT2D eigenvalue weighted by Crippen LogP contribution is 2.49. The zero-order valence-corrected chi connectivity index (χ0v) is 8.82. The number of carbonyl (C=O) groups is 1. The van der Waals surface area contributed by atoms with Crippen molar-refractivity contribution in [3.63, 3.8) is 0 Å². The molecule has 1 saturated carbocycles. The summed E-state index contributed by atoms with van der Waals surface area (Å²) in [6, 6.07) is 0.109. The lowest BCUT2D eigenvalue weighted by Gasteiger charge is -2.33. The molecule has 1 heterocycles. The van der Waals surface area contributed by atoms with Gasteiger partial charge in [-0.2, -0.15) is 11.8 Å². The molecule has 0 aromatic rings. The standard InChI is InChI=1S/C9H13F2NOS/c1-6-5-14-3-2-12(6)8(13)7-4-9(7,10)11/h6-7H,2-5H2,1H3/t6-,7+/m0/s1. The van der Waals surface area contributed by atoms with Crippen LogP contribution in [-0.4, -0.2) is 40.8 Å². The van der Waals surface area contributed by atoms with Crippen molar-refractivity contribution >= 4 is 17.7 Å². The van der Waals surface area contributed by atoms with Gasteiger partial charge in [0, 0.05) is 30.5 Å². The van der Waals surface area contributed by atoms with Crippen molar-refractivity contribution in [2.75, 3.05) is 18.1 Å². The normalized spacial score (nSPS) is 35.5. The van der Waals surface area contributed by atoms with Gasteiger partial charge in [-0.3, -0.25) is 4.79 Å². The average Bonchev–Trinajstić information content (AvgIpc) is 2.75. The van der Waals surface area contributed by atoms with Crippen molar-refractivity contribution in [1.29, 1.82) is 0 Å². The largest absolute Gasteiger partial charge is 0.338 e. The molecular weight excluding hydrogens is 208 g/mol. The highest BCUT2D eigenvalue weighted by atomic mass is 32.2. The summed E-state index contributed by atoms with van der Waals surface area (Å²) < 4.78 is 25.4. The second-order valence-corrected chi connectivity index (χ2v) is 5.12. The Bertz CT molecular complexity index is 259. The molecular formula is C9H13F2NOS. The SMILES string of the molecule is C[C@H]1CSCCN1C(=O)[C@H]1CC1(F)F. The van der Waals surface area contributed by atoms with E-state index < -0.39 is 11.8 Å². The summed E-state index contributed by atoms with van der Waals surface area (Å²) in [4.78, 5) is 13.2. The fraction of sp³-hybridized carbons (Fsp3) is 0.889. The molecule has 0 radical (unpaired) electrons. The molecule has 2 fully saturated rings.